The van der Waals surface area contributed by atoms with Gasteiger partial charge in [0.15, 0.2) is 5.82 Å². The number of fused-ring (bicyclic) bond motifs is 1. The zero-order valence-corrected chi connectivity index (χ0v) is 15.4. The molecule has 27 heavy (non-hydrogen) atoms. The Balaban J connectivity index is 1.80. The van der Waals surface area contributed by atoms with Gasteiger partial charge in [0.05, 0.1) is 7.11 Å². The molecule has 0 aliphatic carbocycles. The number of methoxy groups -OCH3 is 1. The van der Waals surface area contributed by atoms with Crippen LogP contribution in [-0.2, 0) is 0 Å². The SMILES string of the molecule is COc1cccc2c(Oc3ccc(C)cc3)nc(Nc3cc(C)[nH]n3)cc12. The van der Waals surface area contributed by atoms with Gasteiger partial charge in [-0.1, -0.05) is 23.8 Å². The Morgan fingerprint density at radius 1 is 0.926 bits per heavy atom. The number of hydrogen-bond acceptors (Lipinski definition) is 5. The minimum Gasteiger partial charge on any atom is -0.496 e. The van der Waals surface area contributed by atoms with E-state index in [1.165, 1.54) is 5.56 Å². The molecule has 6 heteroatoms. The first-order valence-electron chi connectivity index (χ1n) is 8.64. The lowest BCUT2D eigenvalue weighted by Gasteiger charge is -2.13. The van der Waals surface area contributed by atoms with Crippen LogP contribution in [0.25, 0.3) is 10.8 Å². The van der Waals surface area contributed by atoms with Crippen molar-refractivity contribution in [3.63, 3.8) is 0 Å². The zero-order chi connectivity index (χ0) is 18.8. The fraction of sp³-hybridized carbons (Fsp3) is 0.143. The van der Waals surface area contributed by atoms with Crippen molar-refractivity contribution in [2.75, 3.05) is 12.4 Å². The normalized spacial score (nSPS) is 10.8. The van der Waals surface area contributed by atoms with Gasteiger partial charge in [0.25, 0.3) is 0 Å². The summed E-state index contributed by atoms with van der Waals surface area (Å²) < 4.78 is 11.6. The molecule has 0 spiro atoms. The summed E-state index contributed by atoms with van der Waals surface area (Å²) in [6, 6.07) is 17.5. The summed E-state index contributed by atoms with van der Waals surface area (Å²) in [5.74, 6) is 3.30. The van der Waals surface area contributed by atoms with Crippen molar-refractivity contribution in [1.82, 2.24) is 15.2 Å². The van der Waals surface area contributed by atoms with Gasteiger partial charge in [0, 0.05) is 22.5 Å². The van der Waals surface area contributed by atoms with Crippen LogP contribution in [0, 0.1) is 13.8 Å². The quantitative estimate of drug-likeness (QED) is 0.517. The van der Waals surface area contributed by atoms with Crippen LogP contribution in [0.2, 0.25) is 0 Å². The van der Waals surface area contributed by atoms with Gasteiger partial charge in [-0.15, -0.1) is 0 Å². The van der Waals surface area contributed by atoms with Crippen LogP contribution in [0.15, 0.2) is 54.6 Å². The summed E-state index contributed by atoms with van der Waals surface area (Å²) in [5, 5.41) is 12.1. The van der Waals surface area contributed by atoms with E-state index in [4.69, 9.17) is 9.47 Å². The summed E-state index contributed by atoms with van der Waals surface area (Å²) in [6.07, 6.45) is 0. The second kappa shape index (κ2) is 6.99. The summed E-state index contributed by atoms with van der Waals surface area (Å²) in [5.41, 5.74) is 2.14. The summed E-state index contributed by atoms with van der Waals surface area (Å²) in [7, 11) is 1.65. The van der Waals surface area contributed by atoms with Gasteiger partial charge in [-0.3, -0.25) is 5.10 Å². The number of aryl methyl sites for hydroxylation is 2. The van der Waals surface area contributed by atoms with Gasteiger partial charge < -0.3 is 14.8 Å². The first-order valence-corrected chi connectivity index (χ1v) is 8.64. The fourth-order valence-corrected chi connectivity index (χ4v) is 2.87. The molecule has 2 N–H and O–H groups in total. The fourth-order valence-electron chi connectivity index (χ4n) is 2.87. The van der Waals surface area contributed by atoms with Crippen molar-refractivity contribution < 1.29 is 9.47 Å². The molecule has 0 saturated carbocycles. The average molecular weight is 360 g/mol. The van der Waals surface area contributed by atoms with E-state index in [0.29, 0.717) is 17.5 Å². The molecule has 0 aliphatic rings. The molecule has 2 heterocycles. The Kier molecular flexibility index (Phi) is 4.38. The van der Waals surface area contributed by atoms with Crippen LogP contribution < -0.4 is 14.8 Å². The molecule has 0 amide bonds. The van der Waals surface area contributed by atoms with E-state index in [9.17, 15) is 0 Å². The molecule has 0 bridgehead atoms. The van der Waals surface area contributed by atoms with Crippen LogP contribution in [0.4, 0.5) is 11.6 Å². The third-order valence-electron chi connectivity index (χ3n) is 4.22. The van der Waals surface area contributed by atoms with Gasteiger partial charge in [0.1, 0.15) is 17.3 Å². The zero-order valence-electron chi connectivity index (χ0n) is 15.4. The van der Waals surface area contributed by atoms with Crippen molar-refractivity contribution in [3.05, 3.63) is 65.9 Å². The van der Waals surface area contributed by atoms with E-state index < -0.39 is 0 Å². The van der Waals surface area contributed by atoms with Gasteiger partial charge in [0.2, 0.25) is 5.88 Å². The monoisotopic (exact) mass is 360 g/mol. The molecule has 0 aliphatic heterocycles. The second-order valence-corrected chi connectivity index (χ2v) is 6.34. The molecule has 0 atom stereocenters. The van der Waals surface area contributed by atoms with E-state index in [0.717, 1.165) is 28.0 Å². The lowest BCUT2D eigenvalue weighted by molar-refractivity contribution is 0.419. The minimum atomic E-state index is 0.505. The summed E-state index contributed by atoms with van der Waals surface area (Å²) in [6.45, 7) is 3.99. The largest absolute Gasteiger partial charge is 0.496 e. The molecule has 2 aromatic heterocycles. The number of nitrogens with zero attached hydrogens (tertiary/aromatic N) is 2. The Bertz CT molecular complexity index is 1090. The smallest absolute Gasteiger partial charge is 0.229 e. The van der Waals surface area contributed by atoms with Crippen LogP contribution in [-0.4, -0.2) is 22.3 Å². The highest BCUT2D eigenvalue weighted by Gasteiger charge is 2.13. The van der Waals surface area contributed by atoms with E-state index in [1.807, 2.05) is 68.4 Å². The third kappa shape index (κ3) is 3.55. The summed E-state index contributed by atoms with van der Waals surface area (Å²) >= 11 is 0. The van der Waals surface area contributed by atoms with Crippen LogP contribution in [0.5, 0.6) is 17.4 Å². The number of hydrogen-bond donors (Lipinski definition) is 2. The number of H-pyrrole nitrogens is 1. The highest BCUT2D eigenvalue weighted by Crippen LogP contribution is 2.35. The number of nitrogens with one attached hydrogen (secondary N) is 2. The molecule has 0 fully saturated rings. The molecule has 2 aromatic carbocycles. The van der Waals surface area contributed by atoms with Crippen molar-refractivity contribution in [2.45, 2.75) is 13.8 Å². The molecule has 4 rings (SSSR count). The molecular formula is C21H20N4O2. The summed E-state index contributed by atoms with van der Waals surface area (Å²) in [4.78, 5) is 4.66. The second-order valence-electron chi connectivity index (χ2n) is 6.34. The first kappa shape index (κ1) is 16.9. The highest BCUT2D eigenvalue weighted by molar-refractivity contribution is 5.94. The van der Waals surface area contributed by atoms with Crippen molar-refractivity contribution in [3.8, 4) is 17.4 Å². The van der Waals surface area contributed by atoms with Gasteiger partial charge in [-0.2, -0.15) is 10.1 Å². The Hall–Kier alpha value is -3.54. The maximum Gasteiger partial charge on any atom is 0.229 e. The first-order chi connectivity index (χ1) is 13.1. The topological polar surface area (TPSA) is 72.1 Å². The lowest BCUT2D eigenvalue weighted by Crippen LogP contribution is -1.98. The van der Waals surface area contributed by atoms with E-state index >= 15 is 0 Å². The number of aromatic amines is 1. The average Bonchev–Trinajstić information content (AvgIpc) is 3.08. The predicted molar refractivity (Wildman–Crippen MR) is 106 cm³/mol. The Labute approximate surface area is 157 Å². The standard InChI is InChI=1S/C21H20N4O2/c1-13-7-9-15(10-8-13)27-21-16-5-4-6-18(26-3)17(16)12-19(23-21)22-20-11-14(2)24-25-20/h4-12H,1-3H3,(H2,22,23,24,25). The van der Waals surface area contributed by atoms with Gasteiger partial charge in [-0.25, -0.2) is 0 Å². The molecule has 0 saturated heterocycles. The minimum absolute atomic E-state index is 0.505. The van der Waals surface area contributed by atoms with Crippen LogP contribution in [0.3, 0.4) is 0 Å². The number of ether oxygens (including phenoxy) is 2. The van der Waals surface area contributed by atoms with Crippen molar-refractivity contribution >= 4 is 22.4 Å². The molecular weight excluding hydrogens is 340 g/mol. The van der Waals surface area contributed by atoms with Crippen molar-refractivity contribution in [1.29, 1.82) is 0 Å². The molecule has 0 radical (unpaired) electrons. The highest BCUT2D eigenvalue weighted by atomic mass is 16.5. The maximum atomic E-state index is 6.09. The number of benzene rings is 2. The number of pyridine rings is 1. The van der Waals surface area contributed by atoms with Crippen LogP contribution in [0.1, 0.15) is 11.3 Å². The molecule has 6 nitrogen and oxygen atoms in total. The van der Waals surface area contributed by atoms with Crippen molar-refractivity contribution in [2.24, 2.45) is 0 Å². The van der Waals surface area contributed by atoms with Gasteiger partial charge >= 0.3 is 0 Å². The predicted octanol–water partition coefficient (Wildman–Crippen LogP) is 5.12. The maximum absolute atomic E-state index is 6.09. The Morgan fingerprint density at radius 2 is 1.74 bits per heavy atom. The van der Waals surface area contributed by atoms with E-state index in [1.54, 1.807) is 7.11 Å². The number of aromatic nitrogens is 3. The number of anilines is 2. The van der Waals surface area contributed by atoms with Gasteiger partial charge in [-0.05, 0) is 44.2 Å². The number of rotatable bonds is 5. The van der Waals surface area contributed by atoms with E-state index in [2.05, 4.69) is 20.5 Å². The van der Waals surface area contributed by atoms with Crippen LogP contribution >= 0.6 is 0 Å². The Morgan fingerprint density at radius 3 is 2.44 bits per heavy atom. The lowest BCUT2D eigenvalue weighted by atomic mass is 10.1. The van der Waals surface area contributed by atoms with E-state index in [-0.39, 0.29) is 0 Å². The molecule has 0 unspecified atom stereocenters. The third-order valence-corrected chi connectivity index (χ3v) is 4.22. The molecule has 4 aromatic rings. The molecule has 136 valence electrons.